The van der Waals surface area contributed by atoms with Gasteiger partial charge in [-0.15, -0.1) is 0 Å². The first-order valence-electron chi connectivity index (χ1n) is 6.57. The summed E-state index contributed by atoms with van der Waals surface area (Å²) in [6.45, 7) is 4.64. The third kappa shape index (κ3) is 4.67. The van der Waals surface area contributed by atoms with E-state index in [1.54, 1.807) is 0 Å². The molecular weight excluding hydrogens is 274 g/mol. The molecule has 8 heteroatoms. The van der Waals surface area contributed by atoms with Crippen LogP contribution in [0.5, 0.6) is 0 Å². The minimum atomic E-state index is -0.608. The van der Waals surface area contributed by atoms with E-state index < -0.39 is 10.8 Å². The van der Waals surface area contributed by atoms with E-state index in [-0.39, 0.29) is 29.0 Å². The number of likely N-dealkylation sites (N-methyl/N-ethyl adjacent to an activating group) is 1. The van der Waals surface area contributed by atoms with Crippen LogP contribution in [-0.2, 0) is 0 Å². The van der Waals surface area contributed by atoms with Crippen LogP contribution in [0.3, 0.4) is 0 Å². The van der Waals surface area contributed by atoms with E-state index in [1.807, 2.05) is 32.8 Å². The van der Waals surface area contributed by atoms with Gasteiger partial charge in [-0.25, -0.2) is 4.98 Å². The number of pyridine rings is 1. The number of nitrogens with two attached hydrogens (primary N) is 1. The van der Waals surface area contributed by atoms with Gasteiger partial charge in [0, 0.05) is 18.7 Å². The van der Waals surface area contributed by atoms with Crippen molar-refractivity contribution in [3.8, 4) is 0 Å². The van der Waals surface area contributed by atoms with Crippen LogP contribution >= 0.6 is 0 Å². The van der Waals surface area contributed by atoms with Gasteiger partial charge in [-0.05, 0) is 20.0 Å². The number of anilines is 1. The number of nitrogens with one attached hydrogen (secondary N) is 1. The van der Waals surface area contributed by atoms with Crippen molar-refractivity contribution in [2.45, 2.75) is 19.9 Å². The van der Waals surface area contributed by atoms with Crippen molar-refractivity contribution in [1.82, 2.24) is 15.2 Å². The zero-order valence-corrected chi connectivity index (χ0v) is 12.7. The smallest absolute Gasteiger partial charge is 0.288 e. The SMILES string of the molecule is CC(C)C(CN(C)C)NC(=O)c1cc([N+](=O)[O-])cnc1N. The highest BCUT2D eigenvalue weighted by Gasteiger charge is 2.21. The number of carbonyl (C=O) groups is 1. The van der Waals surface area contributed by atoms with Crippen LogP contribution in [0, 0.1) is 16.0 Å². The molecule has 1 atom stereocenters. The Labute approximate surface area is 123 Å². The topological polar surface area (TPSA) is 114 Å². The first-order chi connectivity index (χ1) is 9.72. The van der Waals surface area contributed by atoms with E-state index in [4.69, 9.17) is 5.73 Å². The fourth-order valence-electron chi connectivity index (χ4n) is 1.81. The molecule has 0 saturated carbocycles. The van der Waals surface area contributed by atoms with Gasteiger partial charge in [0.1, 0.15) is 12.0 Å². The minimum absolute atomic E-state index is 0.0219. The van der Waals surface area contributed by atoms with Gasteiger partial charge >= 0.3 is 0 Å². The van der Waals surface area contributed by atoms with E-state index in [0.29, 0.717) is 6.54 Å². The maximum atomic E-state index is 12.3. The lowest BCUT2D eigenvalue weighted by Gasteiger charge is -2.25. The van der Waals surface area contributed by atoms with E-state index in [1.165, 1.54) is 0 Å². The molecular formula is C13H21N5O3. The zero-order valence-electron chi connectivity index (χ0n) is 12.7. The van der Waals surface area contributed by atoms with Gasteiger partial charge < -0.3 is 16.0 Å². The Kier molecular flexibility index (Phi) is 5.60. The number of hydrogen-bond acceptors (Lipinski definition) is 6. The average Bonchev–Trinajstić information content (AvgIpc) is 2.37. The molecule has 0 aliphatic carbocycles. The van der Waals surface area contributed by atoms with Gasteiger partial charge in [-0.3, -0.25) is 14.9 Å². The molecule has 0 spiro atoms. The second kappa shape index (κ2) is 6.98. The molecule has 0 fully saturated rings. The molecule has 8 nitrogen and oxygen atoms in total. The second-order valence-electron chi connectivity index (χ2n) is 5.47. The summed E-state index contributed by atoms with van der Waals surface area (Å²) in [5.41, 5.74) is 5.40. The quantitative estimate of drug-likeness (QED) is 0.595. The van der Waals surface area contributed by atoms with Crippen molar-refractivity contribution < 1.29 is 9.72 Å². The Morgan fingerprint density at radius 1 is 1.52 bits per heavy atom. The maximum Gasteiger partial charge on any atom is 0.288 e. The molecule has 0 bridgehead atoms. The van der Waals surface area contributed by atoms with Gasteiger partial charge in [0.15, 0.2) is 0 Å². The molecule has 0 aromatic carbocycles. The van der Waals surface area contributed by atoms with Crippen molar-refractivity contribution in [3.63, 3.8) is 0 Å². The summed E-state index contributed by atoms with van der Waals surface area (Å²) < 4.78 is 0. The number of nitro groups is 1. The normalized spacial score (nSPS) is 12.5. The Morgan fingerprint density at radius 2 is 2.14 bits per heavy atom. The van der Waals surface area contributed by atoms with Crippen LogP contribution in [0.15, 0.2) is 12.3 Å². The number of aromatic nitrogens is 1. The number of amides is 1. The summed E-state index contributed by atoms with van der Waals surface area (Å²) in [6.07, 6.45) is 1.03. The molecule has 1 unspecified atom stereocenters. The fraction of sp³-hybridized carbons (Fsp3) is 0.538. The average molecular weight is 295 g/mol. The first-order valence-corrected chi connectivity index (χ1v) is 6.57. The monoisotopic (exact) mass is 295 g/mol. The van der Waals surface area contributed by atoms with E-state index in [0.717, 1.165) is 12.3 Å². The summed E-state index contributed by atoms with van der Waals surface area (Å²) in [6, 6.07) is 1.05. The van der Waals surface area contributed by atoms with Crippen LogP contribution < -0.4 is 11.1 Å². The predicted molar refractivity (Wildman–Crippen MR) is 80.0 cm³/mol. The van der Waals surface area contributed by atoms with Crippen molar-refractivity contribution in [1.29, 1.82) is 0 Å². The Balaban J connectivity index is 2.96. The van der Waals surface area contributed by atoms with Gasteiger partial charge in [0.25, 0.3) is 11.6 Å². The first kappa shape index (κ1) is 16.8. The summed E-state index contributed by atoms with van der Waals surface area (Å²) in [5, 5.41) is 13.6. The van der Waals surface area contributed by atoms with Crippen LogP contribution in [0.1, 0.15) is 24.2 Å². The van der Waals surface area contributed by atoms with E-state index in [2.05, 4.69) is 10.3 Å². The van der Waals surface area contributed by atoms with Crippen molar-refractivity contribution in [2.24, 2.45) is 5.92 Å². The Morgan fingerprint density at radius 3 is 2.62 bits per heavy atom. The molecule has 1 heterocycles. The molecule has 0 aliphatic heterocycles. The zero-order chi connectivity index (χ0) is 16.2. The second-order valence-corrected chi connectivity index (χ2v) is 5.47. The molecule has 1 aromatic rings. The molecule has 21 heavy (non-hydrogen) atoms. The highest BCUT2D eigenvalue weighted by Crippen LogP contribution is 2.17. The van der Waals surface area contributed by atoms with Crippen molar-refractivity contribution in [2.75, 3.05) is 26.4 Å². The molecule has 0 saturated heterocycles. The van der Waals surface area contributed by atoms with Crippen molar-refractivity contribution in [3.05, 3.63) is 27.9 Å². The number of carbonyl (C=O) groups excluding carboxylic acids is 1. The standard InChI is InChI=1S/C13H21N5O3/c1-8(2)11(7-17(3)4)16-13(19)10-5-9(18(20)21)6-15-12(10)14/h5-6,8,11H,7H2,1-4H3,(H2,14,15)(H,16,19). The van der Waals surface area contributed by atoms with Gasteiger partial charge in [-0.1, -0.05) is 13.8 Å². The number of nitrogens with zero attached hydrogens (tertiary/aromatic N) is 3. The van der Waals surface area contributed by atoms with Crippen LogP contribution in [0.4, 0.5) is 11.5 Å². The summed E-state index contributed by atoms with van der Waals surface area (Å²) in [4.78, 5) is 28.1. The van der Waals surface area contributed by atoms with Crippen molar-refractivity contribution >= 4 is 17.4 Å². The third-order valence-electron chi connectivity index (χ3n) is 3.04. The Bertz CT molecular complexity index is 531. The minimum Gasteiger partial charge on any atom is -0.383 e. The van der Waals surface area contributed by atoms with E-state index in [9.17, 15) is 14.9 Å². The number of hydrogen-bond donors (Lipinski definition) is 2. The predicted octanol–water partition coefficient (Wildman–Crippen LogP) is 0.888. The molecule has 1 rings (SSSR count). The van der Waals surface area contributed by atoms with Crippen LogP contribution in [0.25, 0.3) is 0 Å². The number of rotatable bonds is 6. The molecule has 116 valence electrons. The van der Waals surface area contributed by atoms with Gasteiger partial charge in [-0.2, -0.15) is 0 Å². The lowest BCUT2D eigenvalue weighted by Crippen LogP contribution is -2.45. The molecule has 3 N–H and O–H groups in total. The fourth-order valence-corrected chi connectivity index (χ4v) is 1.81. The van der Waals surface area contributed by atoms with Gasteiger partial charge in [0.05, 0.1) is 10.5 Å². The summed E-state index contributed by atoms with van der Waals surface area (Å²) in [7, 11) is 3.82. The molecule has 0 aliphatic rings. The third-order valence-corrected chi connectivity index (χ3v) is 3.04. The highest BCUT2D eigenvalue weighted by atomic mass is 16.6. The van der Waals surface area contributed by atoms with Gasteiger partial charge in [0.2, 0.25) is 0 Å². The Hall–Kier alpha value is -2.22. The lowest BCUT2D eigenvalue weighted by atomic mass is 10.0. The molecule has 1 aromatic heterocycles. The maximum absolute atomic E-state index is 12.3. The summed E-state index contributed by atoms with van der Waals surface area (Å²) >= 11 is 0. The largest absolute Gasteiger partial charge is 0.383 e. The van der Waals surface area contributed by atoms with Crippen LogP contribution in [0.2, 0.25) is 0 Å². The molecule has 1 amide bonds. The summed E-state index contributed by atoms with van der Waals surface area (Å²) in [5.74, 6) is -0.265. The lowest BCUT2D eigenvalue weighted by molar-refractivity contribution is -0.385. The highest BCUT2D eigenvalue weighted by molar-refractivity contribution is 5.99. The number of nitrogen functional groups attached to an aromatic ring is 1. The van der Waals surface area contributed by atoms with Crippen LogP contribution in [-0.4, -0.2) is 47.4 Å². The molecule has 0 radical (unpaired) electrons. The van der Waals surface area contributed by atoms with E-state index >= 15 is 0 Å².